The van der Waals surface area contributed by atoms with E-state index in [1.54, 1.807) is 12.4 Å². The summed E-state index contributed by atoms with van der Waals surface area (Å²) in [4.78, 5) is 25.9. The van der Waals surface area contributed by atoms with Crippen LogP contribution in [-0.2, 0) is 12.8 Å². The van der Waals surface area contributed by atoms with E-state index in [0.717, 1.165) is 41.2 Å². The van der Waals surface area contributed by atoms with E-state index in [1.807, 2.05) is 36.6 Å². The van der Waals surface area contributed by atoms with Crippen LogP contribution >= 0.6 is 11.3 Å². The van der Waals surface area contributed by atoms with Gasteiger partial charge in [-0.15, -0.1) is 11.3 Å². The van der Waals surface area contributed by atoms with Crippen molar-refractivity contribution in [2.45, 2.75) is 38.6 Å². The summed E-state index contributed by atoms with van der Waals surface area (Å²) in [6.45, 7) is 1.95. The van der Waals surface area contributed by atoms with Gasteiger partial charge in [0, 0.05) is 29.0 Å². The highest BCUT2D eigenvalue weighted by Crippen LogP contribution is 2.25. The molecule has 26 heavy (non-hydrogen) atoms. The number of amides is 1. The topological polar surface area (TPSA) is 67.8 Å². The number of fused-ring (bicyclic) bond motifs is 1. The Labute approximate surface area is 156 Å². The van der Waals surface area contributed by atoms with Gasteiger partial charge < -0.3 is 5.32 Å². The summed E-state index contributed by atoms with van der Waals surface area (Å²) in [5.74, 6) is -0.149. The van der Waals surface area contributed by atoms with Crippen LogP contribution in [0.1, 0.15) is 52.6 Å². The van der Waals surface area contributed by atoms with Gasteiger partial charge in [-0.2, -0.15) is 0 Å². The Hall–Kier alpha value is -2.60. The van der Waals surface area contributed by atoms with Crippen LogP contribution in [0.4, 0.5) is 0 Å². The van der Waals surface area contributed by atoms with Gasteiger partial charge in [-0.25, -0.2) is 9.97 Å². The molecule has 0 saturated heterocycles. The van der Waals surface area contributed by atoms with E-state index in [0.29, 0.717) is 5.69 Å². The summed E-state index contributed by atoms with van der Waals surface area (Å²) in [5, 5.41) is 5.88. The molecule has 1 amide bonds. The van der Waals surface area contributed by atoms with Gasteiger partial charge in [-0.1, -0.05) is 6.07 Å². The molecule has 0 fully saturated rings. The van der Waals surface area contributed by atoms with Crippen molar-refractivity contribution in [2.75, 3.05) is 0 Å². The first-order valence-electron chi connectivity index (χ1n) is 8.86. The van der Waals surface area contributed by atoms with Crippen LogP contribution in [-0.4, -0.2) is 20.9 Å². The number of carbonyl (C=O) groups excluding carboxylic acids is 1. The molecule has 0 saturated carbocycles. The minimum absolute atomic E-state index is 0.149. The monoisotopic (exact) mass is 364 g/mol. The predicted molar refractivity (Wildman–Crippen MR) is 102 cm³/mol. The first-order valence-corrected chi connectivity index (χ1v) is 9.74. The molecule has 0 bridgehead atoms. The van der Waals surface area contributed by atoms with Crippen LogP contribution in [0.25, 0.3) is 11.3 Å². The fourth-order valence-corrected chi connectivity index (χ4v) is 4.01. The first kappa shape index (κ1) is 16.8. The summed E-state index contributed by atoms with van der Waals surface area (Å²) < 4.78 is 0. The molecule has 132 valence electrons. The lowest BCUT2D eigenvalue weighted by Gasteiger charge is -2.16. The van der Waals surface area contributed by atoms with Crippen LogP contribution in [0.2, 0.25) is 0 Å². The second-order valence-electron chi connectivity index (χ2n) is 6.52. The molecule has 0 spiro atoms. The molecule has 1 atom stereocenters. The van der Waals surface area contributed by atoms with Crippen molar-refractivity contribution in [3.63, 3.8) is 0 Å². The summed E-state index contributed by atoms with van der Waals surface area (Å²) in [5.41, 5.74) is 4.70. The zero-order valence-electron chi connectivity index (χ0n) is 14.6. The third-order valence-electron chi connectivity index (χ3n) is 4.61. The Morgan fingerprint density at radius 3 is 2.92 bits per heavy atom. The molecule has 3 heterocycles. The smallest absolute Gasteiger partial charge is 0.270 e. The predicted octanol–water partition coefficient (Wildman–Crippen LogP) is 3.97. The lowest BCUT2D eigenvalue weighted by Crippen LogP contribution is -2.28. The zero-order valence-corrected chi connectivity index (χ0v) is 15.4. The standard InChI is InChI=1S/C20H20N4OS/c1-13(20-24-18(12-26-20)15-6-4-10-21-11-15)22-19(25)17-9-8-14-5-2-3-7-16(14)23-17/h4,6,8-13H,2-3,5,7H2,1H3,(H,22,25)/t13-/m1/s1. The number of hydrogen-bond acceptors (Lipinski definition) is 5. The SMILES string of the molecule is C[C@@H](NC(=O)c1ccc2c(n1)CCCC2)c1nc(-c2cccnc2)cs1. The van der Waals surface area contributed by atoms with Gasteiger partial charge in [0.1, 0.15) is 10.7 Å². The van der Waals surface area contributed by atoms with E-state index in [2.05, 4.69) is 20.3 Å². The quantitative estimate of drug-likeness (QED) is 0.761. The fraction of sp³-hybridized carbons (Fsp3) is 0.300. The molecule has 0 aromatic carbocycles. The van der Waals surface area contributed by atoms with Gasteiger partial charge in [0.15, 0.2) is 0 Å². The molecule has 1 aliphatic rings. The van der Waals surface area contributed by atoms with E-state index in [1.165, 1.54) is 23.3 Å². The third-order valence-corrected chi connectivity index (χ3v) is 5.64. The Bertz CT molecular complexity index is 923. The molecular formula is C20H20N4OS. The zero-order chi connectivity index (χ0) is 17.9. The summed E-state index contributed by atoms with van der Waals surface area (Å²) in [7, 11) is 0. The Balaban J connectivity index is 1.47. The number of aryl methyl sites for hydroxylation is 2. The van der Waals surface area contributed by atoms with Gasteiger partial charge >= 0.3 is 0 Å². The molecule has 4 rings (SSSR count). The lowest BCUT2D eigenvalue weighted by atomic mass is 9.96. The van der Waals surface area contributed by atoms with Crippen LogP contribution in [0.5, 0.6) is 0 Å². The number of aromatic nitrogens is 3. The molecule has 1 aliphatic carbocycles. The maximum Gasteiger partial charge on any atom is 0.270 e. The van der Waals surface area contributed by atoms with E-state index in [9.17, 15) is 4.79 Å². The average Bonchev–Trinajstić information content (AvgIpc) is 3.18. The third kappa shape index (κ3) is 3.51. The Morgan fingerprint density at radius 2 is 2.08 bits per heavy atom. The van der Waals surface area contributed by atoms with Crippen LogP contribution < -0.4 is 5.32 Å². The maximum absolute atomic E-state index is 12.6. The average molecular weight is 364 g/mol. The molecule has 0 radical (unpaired) electrons. The van der Waals surface area contributed by atoms with Crippen LogP contribution in [0, 0.1) is 0 Å². The normalized spacial score (nSPS) is 14.5. The van der Waals surface area contributed by atoms with E-state index >= 15 is 0 Å². The number of carbonyl (C=O) groups is 1. The summed E-state index contributed by atoms with van der Waals surface area (Å²) >= 11 is 1.54. The highest BCUT2D eigenvalue weighted by Gasteiger charge is 2.18. The van der Waals surface area contributed by atoms with E-state index in [-0.39, 0.29) is 11.9 Å². The van der Waals surface area contributed by atoms with Crippen molar-refractivity contribution >= 4 is 17.2 Å². The lowest BCUT2D eigenvalue weighted by molar-refractivity contribution is 0.0934. The molecule has 3 aromatic heterocycles. The number of nitrogens with zero attached hydrogens (tertiary/aromatic N) is 3. The second kappa shape index (κ2) is 7.33. The molecule has 0 unspecified atom stereocenters. The first-order chi connectivity index (χ1) is 12.7. The number of pyridine rings is 2. The number of thiazole rings is 1. The van der Waals surface area contributed by atoms with E-state index < -0.39 is 0 Å². The maximum atomic E-state index is 12.6. The van der Waals surface area contributed by atoms with E-state index in [4.69, 9.17) is 0 Å². The molecule has 6 heteroatoms. The second-order valence-corrected chi connectivity index (χ2v) is 7.41. The minimum Gasteiger partial charge on any atom is -0.342 e. The number of rotatable bonds is 4. The van der Waals surface area contributed by atoms with Crippen molar-refractivity contribution < 1.29 is 4.79 Å². The van der Waals surface area contributed by atoms with Crippen molar-refractivity contribution in [1.29, 1.82) is 0 Å². The Morgan fingerprint density at radius 1 is 1.19 bits per heavy atom. The van der Waals surface area contributed by atoms with Gasteiger partial charge in [-0.3, -0.25) is 9.78 Å². The highest BCUT2D eigenvalue weighted by atomic mass is 32.1. The Kier molecular flexibility index (Phi) is 4.75. The van der Waals surface area contributed by atoms with Gasteiger partial charge in [-0.05, 0) is 56.4 Å². The van der Waals surface area contributed by atoms with Crippen molar-refractivity contribution in [3.8, 4) is 11.3 Å². The van der Waals surface area contributed by atoms with Gasteiger partial charge in [0.2, 0.25) is 0 Å². The molecular weight excluding hydrogens is 344 g/mol. The number of hydrogen-bond donors (Lipinski definition) is 1. The molecule has 1 N–H and O–H groups in total. The van der Waals surface area contributed by atoms with Crippen molar-refractivity contribution in [1.82, 2.24) is 20.3 Å². The molecule has 5 nitrogen and oxygen atoms in total. The van der Waals surface area contributed by atoms with Crippen LogP contribution in [0.15, 0.2) is 42.0 Å². The molecule has 3 aromatic rings. The highest BCUT2D eigenvalue weighted by molar-refractivity contribution is 7.10. The summed E-state index contributed by atoms with van der Waals surface area (Å²) in [6.07, 6.45) is 7.92. The van der Waals surface area contributed by atoms with Gasteiger partial charge in [0.05, 0.1) is 11.7 Å². The summed E-state index contributed by atoms with van der Waals surface area (Å²) in [6, 6.07) is 7.57. The van der Waals surface area contributed by atoms with Crippen molar-refractivity contribution in [3.05, 3.63) is 64.0 Å². The molecule has 0 aliphatic heterocycles. The van der Waals surface area contributed by atoms with Crippen LogP contribution in [0.3, 0.4) is 0 Å². The fourth-order valence-electron chi connectivity index (χ4n) is 3.17. The minimum atomic E-state index is -0.171. The van der Waals surface area contributed by atoms with Gasteiger partial charge in [0.25, 0.3) is 5.91 Å². The number of nitrogens with one attached hydrogen (secondary N) is 1. The largest absolute Gasteiger partial charge is 0.342 e. The van der Waals surface area contributed by atoms with Crippen molar-refractivity contribution in [2.24, 2.45) is 0 Å².